The molecule has 1 N–H and O–H groups in total. The van der Waals surface area contributed by atoms with Crippen LogP contribution in [0, 0.1) is 0 Å². The predicted molar refractivity (Wildman–Crippen MR) is 94.2 cm³/mol. The Bertz CT molecular complexity index is 870. The van der Waals surface area contributed by atoms with Gasteiger partial charge in [-0.05, 0) is 24.1 Å². The highest BCUT2D eigenvalue weighted by Crippen LogP contribution is 2.36. The molecule has 0 bridgehead atoms. The number of nitrogens with zero attached hydrogens (tertiary/aromatic N) is 2. The van der Waals surface area contributed by atoms with Gasteiger partial charge in [0.05, 0.1) is 19.1 Å². The van der Waals surface area contributed by atoms with Gasteiger partial charge in [0, 0.05) is 19.6 Å². The number of carboxylic acid groups (broad SMARTS) is 1. The molecule has 1 aromatic carbocycles. The van der Waals surface area contributed by atoms with Gasteiger partial charge in [-0.15, -0.1) is 0 Å². The molecule has 148 valence electrons. The van der Waals surface area contributed by atoms with Crippen molar-refractivity contribution in [3.8, 4) is 5.75 Å². The fourth-order valence-electron chi connectivity index (χ4n) is 3.58. The Morgan fingerprint density at radius 3 is 2.74 bits per heavy atom. The third-order valence-corrected chi connectivity index (χ3v) is 7.03. The first-order valence-electron chi connectivity index (χ1n) is 8.57. The number of carbonyl (C=O) groups excluding carboxylic acids is 1. The molecule has 2 fully saturated rings. The van der Waals surface area contributed by atoms with E-state index in [9.17, 15) is 18.0 Å². The van der Waals surface area contributed by atoms with Crippen LogP contribution in [0.5, 0.6) is 5.75 Å². The van der Waals surface area contributed by atoms with Crippen molar-refractivity contribution in [2.24, 2.45) is 0 Å². The van der Waals surface area contributed by atoms with Gasteiger partial charge in [-0.3, -0.25) is 9.69 Å². The number of hydrogen-bond donors (Lipinski definition) is 1. The predicted octanol–water partition coefficient (Wildman–Crippen LogP) is 0.928. The average Bonchev–Trinajstić information content (AvgIpc) is 2.98. The summed E-state index contributed by atoms with van der Waals surface area (Å²) in [5, 5.41) is 8.99. The number of cyclic esters (lactones) is 1. The fourth-order valence-corrected chi connectivity index (χ4v) is 5.30. The summed E-state index contributed by atoms with van der Waals surface area (Å²) in [6.07, 6.45) is -0.155. The van der Waals surface area contributed by atoms with Crippen LogP contribution in [-0.2, 0) is 26.0 Å². The number of methoxy groups -OCH3 is 1. The van der Waals surface area contributed by atoms with E-state index >= 15 is 0 Å². The van der Waals surface area contributed by atoms with Crippen molar-refractivity contribution in [2.75, 3.05) is 33.4 Å². The molecule has 0 aromatic heterocycles. The molecule has 0 saturated carbocycles. The molecule has 0 radical (unpaired) electrons. The number of benzene rings is 1. The van der Waals surface area contributed by atoms with Crippen LogP contribution >= 0.6 is 0 Å². The Balaban J connectivity index is 1.97. The lowest BCUT2D eigenvalue weighted by molar-refractivity contribution is -0.136. The van der Waals surface area contributed by atoms with Crippen molar-refractivity contribution in [2.45, 2.75) is 30.2 Å². The number of aliphatic carboxylic acids is 1. The maximum atomic E-state index is 13.3. The van der Waals surface area contributed by atoms with Crippen molar-refractivity contribution < 1.29 is 32.6 Å². The number of hydrogen-bond acceptors (Lipinski definition) is 6. The molecule has 2 heterocycles. The first-order chi connectivity index (χ1) is 12.7. The standard InChI is InChI=1S/C17H22N2O7S/c1-3-17-10-18(6-7-19(17)16(22)26-11-17)27(23,24)14-8-12(9-15(20)21)4-5-13(14)25-2/h4-5,8H,3,6-7,9-11H2,1-2H3,(H,20,21). The molecule has 2 saturated heterocycles. The molecule has 0 spiro atoms. The van der Waals surface area contributed by atoms with E-state index in [1.165, 1.54) is 29.6 Å². The lowest BCUT2D eigenvalue weighted by Crippen LogP contribution is -2.62. The molecule has 1 amide bonds. The minimum atomic E-state index is -3.95. The number of sulfonamides is 1. The normalized spacial score (nSPS) is 23.0. The van der Waals surface area contributed by atoms with E-state index in [1.54, 1.807) is 4.90 Å². The van der Waals surface area contributed by atoms with Crippen LogP contribution in [0.3, 0.4) is 0 Å². The van der Waals surface area contributed by atoms with Crippen molar-refractivity contribution >= 4 is 22.1 Å². The van der Waals surface area contributed by atoms with Gasteiger partial charge in [-0.25, -0.2) is 13.2 Å². The van der Waals surface area contributed by atoms with Crippen LogP contribution < -0.4 is 4.74 Å². The van der Waals surface area contributed by atoms with Gasteiger partial charge >= 0.3 is 12.1 Å². The van der Waals surface area contributed by atoms with Gasteiger partial charge in [0.25, 0.3) is 0 Å². The van der Waals surface area contributed by atoms with E-state index < -0.39 is 27.6 Å². The second-order valence-electron chi connectivity index (χ2n) is 6.68. The zero-order chi connectivity index (χ0) is 19.8. The molecule has 2 aliphatic rings. The highest BCUT2D eigenvalue weighted by molar-refractivity contribution is 7.89. The van der Waals surface area contributed by atoms with Gasteiger partial charge in [0.1, 0.15) is 17.3 Å². The van der Waals surface area contributed by atoms with Crippen molar-refractivity contribution in [1.29, 1.82) is 0 Å². The average molecular weight is 398 g/mol. The minimum absolute atomic E-state index is 0.0753. The van der Waals surface area contributed by atoms with Crippen LogP contribution in [-0.4, -0.2) is 73.7 Å². The maximum absolute atomic E-state index is 13.3. The largest absolute Gasteiger partial charge is 0.495 e. The second-order valence-corrected chi connectivity index (χ2v) is 8.58. The van der Waals surface area contributed by atoms with Crippen LogP contribution in [0.15, 0.2) is 23.1 Å². The molecule has 1 aromatic rings. The number of fused-ring (bicyclic) bond motifs is 1. The van der Waals surface area contributed by atoms with E-state index in [-0.39, 0.29) is 43.3 Å². The molecule has 9 nitrogen and oxygen atoms in total. The summed E-state index contributed by atoms with van der Waals surface area (Å²) in [5.74, 6) is -0.903. The number of ether oxygens (including phenoxy) is 2. The molecule has 1 atom stereocenters. The number of carbonyl (C=O) groups is 2. The quantitative estimate of drug-likeness (QED) is 0.758. The Labute approximate surface area is 157 Å². The number of carboxylic acids is 1. The summed E-state index contributed by atoms with van der Waals surface area (Å²) in [6, 6.07) is 4.32. The van der Waals surface area contributed by atoms with Crippen molar-refractivity contribution in [1.82, 2.24) is 9.21 Å². The fraction of sp³-hybridized carbons (Fsp3) is 0.529. The van der Waals surface area contributed by atoms with Crippen LogP contribution in [0.25, 0.3) is 0 Å². The number of rotatable bonds is 6. The maximum Gasteiger partial charge on any atom is 0.410 e. The highest BCUT2D eigenvalue weighted by Gasteiger charge is 2.51. The van der Waals surface area contributed by atoms with Crippen molar-refractivity contribution in [3.63, 3.8) is 0 Å². The zero-order valence-corrected chi connectivity index (χ0v) is 16.0. The van der Waals surface area contributed by atoms with Crippen LogP contribution in [0.4, 0.5) is 4.79 Å². The topological polar surface area (TPSA) is 113 Å². The van der Waals surface area contributed by atoms with E-state index in [0.29, 0.717) is 12.0 Å². The van der Waals surface area contributed by atoms with Gasteiger partial charge in [0.2, 0.25) is 10.0 Å². The van der Waals surface area contributed by atoms with Gasteiger partial charge in [-0.2, -0.15) is 4.31 Å². The zero-order valence-electron chi connectivity index (χ0n) is 15.2. The summed E-state index contributed by atoms with van der Waals surface area (Å²) in [4.78, 5) is 24.4. The van der Waals surface area contributed by atoms with Gasteiger partial charge in [-0.1, -0.05) is 13.0 Å². The van der Waals surface area contributed by atoms with E-state index in [1.807, 2.05) is 6.92 Å². The molecule has 3 rings (SSSR count). The van der Waals surface area contributed by atoms with E-state index in [2.05, 4.69) is 0 Å². The first kappa shape index (κ1) is 19.4. The Kier molecular flexibility index (Phi) is 5.04. The summed E-state index contributed by atoms with van der Waals surface area (Å²) in [6.45, 7) is 2.52. The smallest absolute Gasteiger partial charge is 0.410 e. The van der Waals surface area contributed by atoms with Gasteiger partial charge < -0.3 is 14.6 Å². The first-order valence-corrected chi connectivity index (χ1v) is 10.0. The number of piperazine rings is 1. The van der Waals surface area contributed by atoms with Crippen LogP contribution in [0.1, 0.15) is 18.9 Å². The Morgan fingerprint density at radius 2 is 2.11 bits per heavy atom. The van der Waals surface area contributed by atoms with E-state index in [4.69, 9.17) is 14.6 Å². The summed E-state index contributed by atoms with van der Waals surface area (Å²) >= 11 is 0. The third kappa shape index (κ3) is 3.34. The second kappa shape index (κ2) is 7.01. The summed E-state index contributed by atoms with van der Waals surface area (Å²) in [7, 11) is -2.58. The van der Waals surface area contributed by atoms with Crippen molar-refractivity contribution in [3.05, 3.63) is 23.8 Å². The molecular formula is C17H22N2O7S. The summed E-state index contributed by atoms with van der Waals surface area (Å²) < 4.78 is 38.2. The SMILES string of the molecule is CCC12COC(=O)N1CCN(S(=O)(=O)c1cc(CC(=O)O)ccc1OC)C2. The Hall–Kier alpha value is -2.33. The minimum Gasteiger partial charge on any atom is -0.495 e. The molecule has 1 unspecified atom stereocenters. The molecular weight excluding hydrogens is 376 g/mol. The summed E-state index contributed by atoms with van der Waals surface area (Å²) in [5.41, 5.74) is -0.320. The highest BCUT2D eigenvalue weighted by atomic mass is 32.2. The number of amides is 1. The third-order valence-electron chi connectivity index (χ3n) is 5.16. The lowest BCUT2D eigenvalue weighted by atomic mass is 9.94. The van der Waals surface area contributed by atoms with Crippen LogP contribution in [0.2, 0.25) is 0 Å². The van der Waals surface area contributed by atoms with E-state index in [0.717, 1.165) is 0 Å². The lowest BCUT2D eigenvalue weighted by Gasteiger charge is -2.43. The monoisotopic (exact) mass is 398 g/mol. The Morgan fingerprint density at radius 1 is 1.37 bits per heavy atom. The van der Waals surface area contributed by atoms with Gasteiger partial charge in [0.15, 0.2) is 0 Å². The molecule has 0 aliphatic carbocycles. The molecule has 10 heteroatoms. The molecule has 27 heavy (non-hydrogen) atoms. The molecule has 2 aliphatic heterocycles.